The topological polar surface area (TPSA) is 135 Å². The maximum Gasteiger partial charge on any atom is 0.332 e. The van der Waals surface area contributed by atoms with Gasteiger partial charge >= 0.3 is 5.69 Å². The number of likely N-dealkylation sites (tertiary alicyclic amines) is 1. The van der Waals surface area contributed by atoms with Gasteiger partial charge in [-0.15, -0.1) is 0 Å². The number of hydrogen-bond acceptors (Lipinski definition) is 8. The molecule has 0 spiro atoms. The number of imidazole rings is 1. The van der Waals surface area contributed by atoms with E-state index in [-0.39, 0.29) is 36.6 Å². The zero-order chi connectivity index (χ0) is 27.1. The summed E-state index contributed by atoms with van der Waals surface area (Å²) in [6.45, 7) is 2.86. The van der Waals surface area contributed by atoms with Crippen molar-refractivity contribution in [3.05, 3.63) is 57.0 Å². The van der Waals surface area contributed by atoms with Gasteiger partial charge in [0.15, 0.2) is 11.2 Å². The van der Waals surface area contributed by atoms with Crippen molar-refractivity contribution in [2.45, 2.75) is 31.1 Å². The Morgan fingerprint density at radius 2 is 1.84 bits per heavy atom. The van der Waals surface area contributed by atoms with E-state index in [1.165, 1.54) is 34.5 Å². The summed E-state index contributed by atoms with van der Waals surface area (Å²) < 4.78 is 9.45. The summed E-state index contributed by atoms with van der Waals surface area (Å²) in [6, 6.07) is 5.96. The number of benzene rings is 1. The van der Waals surface area contributed by atoms with E-state index >= 15 is 0 Å². The fourth-order valence-corrected chi connectivity index (χ4v) is 4.79. The van der Waals surface area contributed by atoms with Crippen molar-refractivity contribution < 1.29 is 19.7 Å². The Labute approximate surface area is 213 Å². The number of aromatic nitrogens is 4. The van der Waals surface area contributed by atoms with E-state index in [1.807, 2.05) is 19.0 Å². The van der Waals surface area contributed by atoms with Crippen LogP contribution >= 0.6 is 0 Å². The van der Waals surface area contributed by atoms with Crippen LogP contribution in [0.5, 0.6) is 5.75 Å². The number of aliphatic hydroxyl groups is 2. The molecular weight excluding hydrogens is 480 g/mol. The van der Waals surface area contributed by atoms with Crippen molar-refractivity contribution in [1.82, 2.24) is 28.5 Å². The number of fused-ring (bicyclic) bond motifs is 1. The Morgan fingerprint density at radius 3 is 2.49 bits per heavy atom. The average molecular weight is 515 g/mol. The Morgan fingerprint density at radius 1 is 1.16 bits per heavy atom. The van der Waals surface area contributed by atoms with Gasteiger partial charge in [0.2, 0.25) is 0 Å². The lowest BCUT2D eigenvalue weighted by atomic mass is 9.91. The number of ether oxygens (including phenoxy) is 1. The molecule has 0 bridgehead atoms. The van der Waals surface area contributed by atoms with Crippen molar-refractivity contribution in [2.75, 3.05) is 40.3 Å². The second-order valence-electron chi connectivity index (χ2n) is 10.1. The first kappa shape index (κ1) is 26.6. The molecule has 3 heterocycles. The number of aryl methyl sites for hydroxylation is 1. The lowest BCUT2D eigenvalue weighted by Gasteiger charge is -2.34. The van der Waals surface area contributed by atoms with Crippen molar-refractivity contribution in [1.29, 1.82) is 0 Å². The summed E-state index contributed by atoms with van der Waals surface area (Å²) in [5.74, 6) is 0.313. The molecule has 3 atom stereocenters. The zero-order valence-corrected chi connectivity index (χ0v) is 21.8. The molecule has 1 amide bonds. The summed E-state index contributed by atoms with van der Waals surface area (Å²) >= 11 is 0. The van der Waals surface area contributed by atoms with Crippen molar-refractivity contribution in [3.63, 3.8) is 0 Å². The standard InChI is InChI=1S/C25H34N6O6/c1-25(36)12-17(32)13-30(22(33)16-6-8-18(9-7-16)37-11-10-27(2)3)14-19(25)31-15-26-21-20(31)23(34)29(5)24(35)28(21)4/h6-9,15,17,19,32,36H,10-14H2,1-5H3/t17-,19+,25+/m0/s1. The van der Waals surface area contributed by atoms with Gasteiger partial charge in [-0.3, -0.25) is 18.7 Å². The van der Waals surface area contributed by atoms with Crippen molar-refractivity contribution in [2.24, 2.45) is 14.1 Å². The molecule has 0 aliphatic carbocycles. The predicted octanol–water partition coefficient (Wildman–Crippen LogP) is -0.427. The first-order chi connectivity index (χ1) is 17.4. The molecule has 1 aliphatic rings. The van der Waals surface area contributed by atoms with Gasteiger partial charge in [0, 0.05) is 45.7 Å². The van der Waals surface area contributed by atoms with Crippen LogP contribution in [0.4, 0.5) is 0 Å². The van der Waals surface area contributed by atoms with E-state index < -0.39 is 29.0 Å². The third-order valence-corrected chi connectivity index (χ3v) is 6.90. The second-order valence-corrected chi connectivity index (χ2v) is 10.1. The van der Waals surface area contributed by atoms with E-state index in [4.69, 9.17) is 4.74 Å². The smallest absolute Gasteiger partial charge is 0.332 e. The Kier molecular flexibility index (Phi) is 7.27. The highest BCUT2D eigenvalue weighted by molar-refractivity contribution is 5.94. The predicted molar refractivity (Wildman–Crippen MR) is 137 cm³/mol. The molecule has 3 aromatic rings. The highest BCUT2D eigenvalue weighted by atomic mass is 16.5. The van der Waals surface area contributed by atoms with E-state index in [9.17, 15) is 24.6 Å². The first-order valence-corrected chi connectivity index (χ1v) is 12.1. The van der Waals surface area contributed by atoms with E-state index in [1.54, 1.807) is 31.2 Å². The van der Waals surface area contributed by atoms with Crippen LogP contribution < -0.4 is 16.0 Å². The summed E-state index contributed by atoms with van der Waals surface area (Å²) in [5, 5.41) is 22.1. The molecule has 1 saturated heterocycles. The number of rotatable bonds is 6. The molecule has 2 N–H and O–H groups in total. The molecule has 200 valence electrons. The number of carbonyl (C=O) groups excluding carboxylic acids is 1. The van der Waals surface area contributed by atoms with Gasteiger partial charge in [-0.2, -0.15) is 0 Å². The quantitative estimate of drug-likeness (QED) is 0.453. The SMILES string of the molecule is CN(C)CCOc1ccc(C(=O)N2C[C@@H](O)C[C@@](C)(O)[C@H](n3cnc4c3c(=O)n(C)c(=O)n4C)C2)cc1. The molecular formula is C25H34N6O6. The molecule has 37 heavy (non-hydrogen) atoms. The van der Waals surface area contributed by atoms with Crippen LogP contribution in [-0.2, 0) is 14.1 Å². The lowest BCUT2D eigenvalue weighted by molar-refractivity contribution is -0.0216. The maximum absolute atomic E-state index is 13.5. The Balaban J connectivity index is 1.66. The molecule has 0 saturated carbocycles. The van der Waals surface area contributed by atoms with Gasteiger partial charge in [0.05, 0.1) is 24.1 Å². The number of carbonyl (C=O) groups is 1. The van der Waals surface area contributed by atoms with Crippen LogP contribution in [0, 0.1) is 0 Å². The molecule has 4 rings (SSSR count). The maximum atomic E-state index is 13.5. The fraction of sp³-hybridized carbons (Fsp3) is 0.520. The van der Waals surface area contributed by atoms with Gasteiger partial charge in [-0.05, 0) is 45.3 Å². The normalized spacial score (nSPS) is 22.4. The van der Waals surface area contributed by atoms with Crippen LogP contribution in [0.3, 0.4) is 0 Å². The molecule has 12 nitrogen and oxygen atoms in total. The summed E-state index contributed by atoms with van der Waals surface area (Å²) in [6.07, 6.45) is 0.385. The molecule has 1 aromatic carbocycles. The van der Waals surface area contributed by atoms with Crippen LogP contribution in [-0.4, -0.2) is 96.6 Å². The number of hydrogen-bond donors (Lipinski definition) is 2. The number of β-amino-alcohol motifs (C(OH)–C–C–N with tert-alkyl or cyclic N) is 1. The fourth-order valence-electron chi connectivity index (χ4n) is 4.79. The highest BCUT2D eigenvalue weighted by Crippen LogP contribution is 2.33. The van der Waals surface area contributed by atoms with Gasteiger partial charge < -0.3 is 29.3 Å². The summed E-state index contributed by atoms with van der Waals surface area (Å²) in [7, 11) is 6.80. The van der Waals surface area contributed by atoms with Gasteiger partial charge in [0.25, 0.3) is 11.5 Å². The van der Waals surface area contributed by atoms with Crippen LogP contribution in [0.15, 0.2) is 40.2 Å². The molecule has 12 heteroatoms. The first-order valence-electron chi connectivity index (χ1n) is 12.1. The minimum absolute atomic E-state index is 0.00962. The third-order valence-electron chi connectivity index (χ3n) is 6.90. The average Bonchev–Trinajstić information content (AvgIpc) is 3.23. The summed E-state index contributed by atoms with van der Waals surface area (Å²) in [4.78, 5) is 46.6. The number of amides is 1. The van der Waals surface area contributed by atoms with E-state index in [2.05, 4.69) is 4.98 Å². The largest absolute Gasteiger partial charge is 0.492 e. The number of aliphatic hydroxyl groups excluding tert-OH is 1. The van der Waals surface area contributed by atoms with Gasteiger partial charge in [-0.1, -0.05) is 0 Å². The minimum Gasteiger partial charge on any atom is -0.492 e. The van der Waals surface area contributed by atoms with Crippen LogP contribution in [0.25, 0.3) is 11.2 Å². The number of likely N-dealkylation sites (N-methyl/N-ethyl adjacent to an activating group) is 1. The van der Waals surface area contributed by atoms with Gasteiger partial charge in [-0.25, -0.2) is 9.78 Å². The van der Waals surface area contributed by atoms with Gasteiger partial charge in [0.1, 0.15) is 12.4 Å². The van der Waals surface area contributed by atoms with E-state index in [0.29, 0.717) is 17.9 Å². The Bertz CT molecular complexity index is 1400. The molecule has 0 unspecified atom stereocenters. The zero-order valence-electron chi connectivity index (χ0n) is 21.8. The second kappa shape index (κ2) is 10.1. The highest BCUT2D eigenvalue weighted by Gasteiger charge is 2.42. The monoisotopic (exact) mass is 514 g/mol. The number of nitrogens with zero attached hydrogens (tertiary/aromatic N) is 6. The van der Waals surface area contributed by atoms with Crippen LogP contribution in [0.2, 0.25) is 0 Å². The third kappa shape index (κ3) is 5.17. The summed E-state index contributed by atoms with van der Waals surface area (Å²) in [5.41, 5.74) is -1.84. The van der Waals surface area contributed by atoms with E-state index in [0.717, 1.165) is 11.1 Å². The molecule has 0 radical (unpaired) electrons. The Hall–Kier alpha value is -3.48. The lowest BCUT2D eigenvalue weighted by Crippen LogP contribution is -2.44. The molecule has 1 aliphatic heterocycles. The molecule has 2 aromatic heterocycles. The van der Waals surface area contributed by atoms with Crippen molar-refractivity contribution in [3.8, 4) is 5.75 Å². The van der Waals surface area contributed by atoms with Crippen LogP contribution in [0.1, 0.15) is 29.7 Å². The molecule has 1 fully saturated rings. The minimum atomic E-state index is -1.48. The van der Waals surface area contributed by atoms with Crippen molar-refractivity contribution >= 4 is 17.1 Å².